The smallest absolute Gasteiger partial charge is 0.160 e. The van der Waals surface area contributed by atoms with Crippen LogP contribution >= 0.6 is 0 Å². The van der Waals surface area contributed by atoms with Crippen LogP contribution in [0.15, 0.2) is 18.3 Å². The molecule has 5 heteroatoms. The van der Waals surface area contributed by atoms with Crippen LogP contribution in [-0.4, -0.2) is 26.3 Å². The molecule has 0 saturated heterocycles. The summed E-state index contributed by atoms with van der Waals surface area (Å²) < 4.78 is 1.81. The van der Waals surface area contributed by atoms with Crippen LogP contribution in [0.4, 0.5) is 0 Å². The van der Waals surface area contributed by atoms with Gasteiger partial charge >= 0.3 is 0 Å². The van der Waals surface area contributed by atoms with Gasteiger partial charge in [0.2, 0.25) is 0 Å². The van der Waals surface area contributed by atoms with Crippen molar-refractivity contribution < 1.29 is 0 Å². The van der Waals surface area contributed by atoms with Crippen LogP contribution in [0.25, 0.3) is 5.82 Å². The van der Waals surface area contributed by atoms with Gasteiger partial charge < -0.3 is 5.32 Å². The van der Waals surface area contributed by atoms with Crippen LogP contribution in [0.2, 0.25) is 0 Å². The molecule has 0 spiro atoms. The summed E-state index contributed by atoms with van der Waals surface area (Å²) in [5.74, 6) is 2.49. The van der Waals surface area contributed by atoms with Crippen molar-refractivity contribution in [3.05, 3.63) is 35.5 Å². The molecule has 1 atom stereocenters. The van der Waals surface area contributed by atoms with Crippen LogP contribution in [0, 0.1) is 13.8 Å². The fourth-order valence-corrected chi connectivity index (χ4v) is 2.12. The fourth-order valence-electron chi connectivity index (χ4n) is 2.12. The highest BCUT2D eigenvalue weighted by Gasteiger charge is 2.15. The number of hydrogen-bond donors (Lipinski definition) is 1. The Kier molecular flexibility index (Phi) is 4.27. The van der Waals surface area contributed by atoms with Gasteiger partial charge in [-0.1, -0.05) is 13.0 Å². The Hall–Kier alpha value is -1.75. The third kappa shape index (κ3) is 2.98. The molecule has 0 aliphatic heterocycles. The number of pyridine rings is 1. The average molecular weight is 259 g/mol. The normalized spacial score (nSPS) is 12.6. The summed E-state index contributed by atoms with van der Waals surface area (Å²) in [4.78, 5) is 8.81. The summed E-state index contributed by atoms with van der Waals surface area (Å²) in [6.07, 6.45) is 2.91. The van der Waals surface area contributed by atoms with Crippen molar-refractivity contribution in [2.45, 2.75) is 40.2 Å². The molecular formula is C14H21N5. The molecule has 19 heavy (non-hydrogen) atoms. The maximum Gasteiger partial charge on any atom is 0.160 e. The second-order valence-corrected chi connectivity index (χ2v) is 4.71. The number of aryl methyl sites for hydroxylation is 2. The van der Waals surface area contributed by atoms with E-state index in [-0.39, 0.29) is 6.04 Å². The number of hydrogen-bond acceptors (Lipinski definition) is 4. The average Bonchev–Trinajstić information content (AvgIpc) is 2.75. The predicted octanol–water partition coefficient (Wildman–Crippen LogP) is 2.34. The maximum atomic E-state index is 4.47. The van der Waals surface area contributed by atoms with E-state index in [1.807, 2.05) is 24.6 Å². The Morgan fingerprint density at radius 2 is 2.16 bits per heavy atom. The summed E-state index contributed by atoms with van der Waals surface area (Å²) in [6, 6.07) is 4.29. The number of nitrogens with one attached hydrogen (secondary N) is 1. The summed E-state index contributed by atoms with van der Waals surface area (Å²) in [6.45, 7) is 9.14. The standard InChI is InChI=1S/C14H21N5/c1-5-8-15-10(2)13-7-6-9-16-14(13)19-12(4)17-11(3)18-19/h6-7,9-10,15H,5,8H2,1-4H3. The van der Waals surface area contributed by atoms with Crippen LogP contribution in [-0.2, 0) is 0 Å². The first-order valence-corrected chi connectivity index (χ1v) is 6.72. The topological polar surface area (TPSA) is 55.6 Å². The highest BCUT2D eigenvalue weighted by Crippen LogP contribution is 2.19. The number of rotatable bonds is 5. The Bertz CT molecular complexity index is 547. The van der Waals surface area contributed by atoms with Gasteiger partial charge in [0, 0.05) is 17.8 Å². The lowest BCUT2D eigenvalue weighted by Gasteiger charge is -2.17. The van der Waals surface area contributed by atoms with Gasteiger partial charge in [0.15, 0.2) is 5.82 Å². The second kappa shape index (κ2) is 5.93. The third-order valence-electron chi connectivity index (χ3n) is 3.06. The van der Waals surface area contributed by atoms with Crippen molar-refractivity contribution in [3.63, 3.8) is 0 Å². The Morgan fingerprint density at radius 1 is 1.37 bits per heavy atom. The molecule has 0 radical (unpaired) electrons. The molecular weight excluding hydrogens is 238 g/mol. The fraction of sp³-hybridized carbons (Fsp3) is 0.500. The van der Waals surface area contributed by atoms with Crippen LogP contribution in [0.3, 0.4) is 0 Å². The molecule has 102 valence electrons. The minimum atomic E-state index is 0.243. The van der Waals surface area contributed by atoms with E-state index in [4.69, 9.17) is 0 Å². The van der Waals surface area contributed by atoms with Gasteiger partial charge in [0.05, 0.1) is 0 Å². The van der Waals surface area contributed by atoms with E-state index < -0.39 is 0 Å². The summed E-state index contributed by atoms with van der Waals surface area (Å²) in [5.41, 5.74) is 1.14. The van der Waals surface area contributed by atoms with E-state index in [2.05, 4.69) is 40.3 Å². The summed E-state index contributed by atoms with van der Waals surface area (Å²) in [5, 5.41) is 7.90. The zero-order valence-corrected chi connectivity index (χ0v) is 12.0. The van der Waals surface area contributed by atoms with E-state index in [0.29, 0.717) is 0 Å². The van der Waals surface area contributed by atoms with Gasteiger partial charge in [-0.15, -0.1) is 5.10 Å². The summed E-state index contributed by atoms with van der Waals surface area (Å²) >= 11 is 0. The molecule has 2 rings (SSSR count). The Balaban J connectivity index is 2.38. The Morgan fingerprint density at radius 3 is 2.79 bits per heavy atom. The van der Waals surface area contributed by atoms with Crippen LogP contribution < -0.4 is 5.32 Å². The van der Waals surface area contributed by atoms with E-state index in [1.54, 1.807) is 6.20 Å². The molecule has 0 aromatic carbocycles. The molecule has 1 N–H and O–H groups in total. The van der Waals surface area contributed by atoms with E-state index in [1.165, 1.54) is 0 Å². The molecule has 5 nitrogen and oxygen atoms in total. The predicted molar refractivity (Wildman–Crippen MR) is 75.3 cm³/mol. The SMILES string of the molecule is CCCNC(C)c1cccnc1-n1nc(C)nc1C. The molecule has 0 fully saturated rings. The molecule has 0 aliphatic carbocycles. The Labute approximate surface area is 114 Å². The summed E-state index contributed by atoms with van der Waals surface area (Å²) in [7, 11) is 0. The molecule has 1 unspecified atom stereocenters. The molecule has 2 aromatic heterocycles. The first-order chi connectivity index (χ1) is 9.13. The lowest BCUT2D eigenvalue weighted by molar-refractivity contribution is 0.563. The second-order valence-electron chi connectivity index (χ2n) is 4.71. The quantitative estimate of drug-likeness (QED) is 0.895. The zero-order valence-electron chi connectivity index (χ0n) is 12.0. The molecule has 0 aliphatic rings. The molecule has 2 aromatic rings. The van der Waals surface area contributed by atoms with Gasteiger partial charge in [-0.3, -0.25) is 0 Å². The van der Waals surface area contributed by atoms with E-state index in [0.717, 1.165) is 36.0 Å². The monoisotopic (exact) mass is 259 g/mol. The van der Waals surface area contributed by atoms with Crippen molar-refractivity contribution in [1.82, 2.24) is 25.1 Å². The van der Waals surface area contributed by atoms with Crippen LogP contribution in [0.1, 0.15) is 43.5 Å². The van der Waals surface area contributed by atoms with Gasteiger partial charge in [-0.05, 0) is 39.8 Å². The van der Waals surface area contributed by atoms with Gasteiger partial charge in [-0.2, -0.15) is 4.68 Å². The minimum Gasteiger partial charge on any atom is -0.310 e. The minimum absolute atomic E-state index is 0.243. The highest BCUT2D eigenvalue weighted by molar-refractivity contribution is 5.35. The lowest BCUT2D eigenvalue weighted by Crippen LogP contribution is -2.21. The largest absolute Gasteiger partial charge is 0.310 e. The highest BCUT2D eigenvalue weighted by atomic mass is 15.4. The molecule has 0 bridgehead atoms. The van der Waals surface area contributed by atoms with Gasteiger partial charge in [-0.25, -0.2) is 9.97 Å². The first-order valence-electron chi connectivity index (χ1n) is 6.72. The number of aromatic nitrogens is 4. The van der Waals surface area contributed by atoms with E-state index in [9.17, 15) is 0 Å². The first kappa shape index (κ1) is 13.7. The van der Waals surface area contributed by atoms with Crippen molar-refractivity contribution in [2.75, 3.05) is 6.54 Å². The maximum absolute atomic E-state index is 4.47. The van der Waals surface area contributed by atoms with Gasteiger partial charge in [0.1, 0.15) is 11.6 Å². The molecule has 0 saturated carbocycles. The lowest BCUT2D eigenvalue weighted by atomic mass is 10.1. The third-order valence-corrected chi connectivity index (χ3v) is 3.06. The van der Waals surface area contributed by atoms with Gasteiger partial charge in [0.25, 0.3) is 0 Å². The molecule has 2 heterocycles. The van der Waals surface area contributed by atoms with E-state index >= 15 is 0 Å². The van der Waals surface area contributed by atoms with Crippen molar-refractivity contribution in [1.29, 1.82) is 0 Å². The number of nitrogens with zero attached hydrogens (tertiary/aromatic N) is 4. The van der Waals surface area contributed by atoms with Crippen molar-refractivity contribution in [3.8, 4) is 5.82 Å². The zero-order chi connectivity index (χ0) is 13.8. The molecule has 0 amide bonds. The van der Waals surface area contributed by atoms with Crippen molar-refractivity contribution in [2.24, 2.45) is 0 Å². The van der Waals surface area contributed by atoms with Crippen molar-refractivity contribution >= 4 is 0 Å². The van der Waals surface area contributed by atoms with Crippen LogP contribution in [0.5, 0.6) is 0 Å².